The number of anilines is 1. The number of carbonyl (C=O) groups excluding carboxylic acids is 1. The van der Waals surface area contributed by atoms with E-state index in [1.807, 2.05) is 68.3 Å². The number of benzene rings is 1. The number of nitrogens with zero attached hydrogens (tertiary/aromatic N) is 6. The first-order valence-corrected chi connectivity index (χ1v) is 10.3. The van der Waals surface area contributed by atoms with Gasteiger partial charge < -0.3 is 9.80 Å². The quantitative estimate of drug-likeness (QED) is 0.635. The van der Waals surface area contributed by atoms with Crippen molar-refractivity contribution in [3.8, 4) is 11.1 Å². The molecule has 156 valence electrons. The molecule has 1 amide bonds. The summed E-state index contributed by atoms with van der Waals surface area (Å²) in [6, 6.07) is 7.53. The van der Waals surface area contributed by atoms with Crippen molar-refractivity contribution in [2.45, 2.75) is 25.8 Å². The molecule has 2 aromatic heterocycles. The second-order valence-electron chi connectivity index (χ2n) is 7.83. The number of likely N-dealkylation sites (tertiary alicyclic amines) is 1. The Kier molecular flexibility index (Phi) is 5.47. The molecule has 3 aromatic rings. The zero-order valence-corrected chi connectivity index (χ0v) is 18.4. The van der Waals surface area contributed by atoms with Gasteiger partial charge in [0.15, 0.2) is 0 Å². The van der Waals surface area contributed by atoms with E-state index in [0.29, 0.717) is 23.1 Å². The van der Waals surface area contributed by atoms with Crippen LogP contribution < -0.4 is 4.90 Å². The number of hydrogen-bond acceptors (Lipinski definition) is 5. The van der Waals surface area contributed by atoms with Gasteiger partial charge in [0.1, 0.15) is 0 Å². The molecule has 30 heavy (non-hydrogen) atoms. The summed E-state index contributed by atoms with van der Waals surface area (Å²) in [6.45, 7) is 2.55. The number of rotatable bonds is 4. The van der Waals surface area contributed by atoms with Crippen molar-refractivity contribution in [1.29, 1.82) is 0 Å². The van der Waals surface area contributed by atoms with E-state index in [9.17, 15) is 4.79 Å². The summed E-state index contributed by atoms with van der Waals surface area (Å²) in [4.78, 5) is 26.6. The van der Waals surface area contributed by atoms with Crippen LogP contribution in [0.15, 0.2) is 36.7 Å². The SMILES string of the molecule is Cc1nn(C)cc1C(=O)N1CCC[C@H]1c1nc(N(C)C)ncc1-c1cccc(Cl)c1. The van der Waals surface area contributed by atoms with E-state index in [0.717, 1.165) is 35.4 Å². The lowest BCUT2D eigenvalue weighted by Crippen LogP contribution is -2.32. The summed E-state index contributed by atoms with van der Waals surface area (Å²) >= 11 is 6.24. The molecule has 0 radical (unpaired) electrons. The van der Waals surface area contributed by atoms with E-state index in [2.05, 4.69) is 10.1 Å². The minimum atomic E-state index is -0.132. The van der Waals surface area contributed by atoms with E-state index in [4.69, 9.17) is 16.6 Å². The van der Waals surface area contributed by atoms with Crippen molar-refractivity contribution in [2.24, 2.45) is 7.05 Å². The molecule has 0 N–H and O–H groups in total. The van der Waals surface area contributed by atoms with Gasteiger partial charge in [0.25, 0.3) is 5.91 Å². The van der Waals surface area contributed by atoms with Crippen molar-refractivity contribution in [1.82, 2.24) is 24.6 Å². The van der Waals surface area contributed by atoms with Crippen LogP contribution in [-0.2, 0) is 7.05 Å². The van der Waals surface area contributed by atoms with Crippen LogP contribution >= 0.6 is 11.6 Å². The summed E-state index contributed by atoms with van der Waals surface area (Å²) in [5, 5.41) is 4.99. The highest BCUT2D eigenvalue weighted by Gasteiger charge is 2.35. The maximum absolute atomic E-state index is 13.4. The minimum Gasteiger partial charge on any atom is -0.347 e. The van der Waals surface area contributed by atoms with Crippen molar-refractivity contribution in [2.75, 3.05) is 25.5 Å². The van der Waals surface area contributed by atoms with Crippen LogP contribution in [0.25, 0.3) is 11.1 Å². The van der Waals surface area contributed by atoms with Gasteiger partial charge in [-0.05, 0) is 37.5 Å². The van der Waals surface area contributed by atoms with Gasteiger partial charge in [-0.1, -0.05) is 23.7 Å². The number of halogens is 1. The van der Waals surface area contributed by atoms with Gasteiger partial charge >= 0.3 is 0 Å². The Balaban J connectivity index is 1.80. The highest BCUT2D eigenvalue weighted by molar-refractivity contribution is 6.30. The first-order chi connectivity index (χ1) is 14.3. The molecule has 0 saturated carbocycles. The first kappa shape index (κ1) is 20.3. The normalized spacial score (nSPS) is 16.2. The van der Waals surface area contributed by atoms with Crippen molar-refractivity contribution in [3.63, 3.8) is 0 Å². The van der Waals surface area contributed by atoms with Crippen LogP contribution in [0.3, 0.4) is 0 Å². The number of carbonyl (C=O) groups is 1. The average molecular weight is 425 g/mol. The zero-order chi connectivity index (χ0) is 21.4. The largest absolute Gasteiger partial charge is 0.347 e. The van der Waals surface area contributed by atoms with Crippen molar-refractivity contribution >= 4 is 23.5 Å². The monoisotopic (exact) mass is 424 g/mol. The fourth-order valence-electron chi connectivity index (χ4n) is 3.99. The third-order valence-corrected chi connectivity index (χ3v) is 5.65. The van der Waals surface area contributed by atoms with Crippen LogP contribution in [0.4, 0.5) is 5.95 Å². The Morgan fingerprint density at radius 3 is 2.77 bits per heavy atom. The first-order valence-electron chi connectivity index (χ1n) is 9.96. The summed E-state index contributed by atoms with van der Waals surface area (Å²) < 4.78 is 1.68. The molecule has 1 fully saturated rings. The molecule has 1 saturated heterocycles. The number of hydrogen-bond donors (Lipinski definition) is 0. The lowest BCUT2D eigenvalue weighted by atomic mass is 9.99. The Morgan fingerprint density at radius 2 is 2.10 bits per heavy atom. The molecule has 3 heterocycles. The summed E-state index contributed by atoms with van der Waals surface area (Å²) in [7, 11) is 5.65. The molecular weight excluding hydrogens is 400 g/mol. The lowest BCUT2D eigenvalue weighted by molar-refractivity contribution is 0.0732. The Hall–Kier alpha value is -2.93. The number of aromatic nitrogens is 4. The highest BCUT2D eigenvalue weighted by atomic mass is 35.5. The minimum absolute atomic E-state index is 0.00911. The summed E-state index contributed by atoms with van der Waals surface area (Å²) in [5.74, 6) is 0.609. The molecule has 7 nitrogen and oxygen atoms in total. The molecule has 1 aliphatic rings. The molecule has 4 rings (SSSR count). The van der Waals surface area contributed by atoms with E-state index in [-0.39, 0.29) is 11.9 Å². The number of aryl methyl sites for hydroxylation is 2. The second-order valence-corrected chi connectivity index (χ2v) is 8.27. The van der Waals surface area contributed by atoms with E-state index in [1.54, 1.807) is 10.9 Å². The third-order valence-electron chi connectivity index (χ3n) is 5.41. The summed E-state index contributed by atoms with van der Waals surface area (Å²) in [5.41, 5.74) is 4.06. The molecule has 8 heteroatoms. The molecule has 0 bridgehead atoms. The fraction of sp³-hybridized carbons (Fsp3) is 0.364. The van der Waals surface area contributed by atoms with Gasteiger partial charge in [-0.3, -0.25) is 9.48 Å². The van der Waals surface area contributed by atoms with Crippen LogP contribution in [0.1, 0.15) is 40.6 Å². The fourth-order valence-corrected chi connectivity index (χ4v) is 4.18. The zero-order valence-electron chi connectivity index (χ0n) is 17.6. The molecule has 0 unspecified atom stereocenters. The lowest BCUT2D eigenvalue weighted by Gasteiger charge is -2.26. The Bertz CT molecular complexity index is 1090. The van der Waals surface area contributed by atoms with Crippen LogP contribution in [-0.4, -0.2) is 51.2 Å². The predicted octanol–water partition coefficient (Wildman–Crippen LogP) is 3.88. The topological polar surface area (TPSA) is 67.2 Å². The van der Waals surface area contributed by atoms with Gasteiger partial charge in [0.05, 0.1) is 23.0 Å². The molecular formula is C22H25ClN6O. The summed E-state index contributed by atoms with van der Waals surface area (Å²) in [6.07, 6.45) is 5.39. The Morgan fingerprint density at radius 1 is 1.30 bits per heavy atom. The molecule has 1 aromatic carbocycles. The molecule has 1 atom stereocenters. The van der Waals surface area contributed by atoms with Gasteiger partial charge in [-0.2, -0.15) is 5.10 Å². The predicted molar refractivity (Wildman–Crippen MR) is 118 cm³/mol. The highest BCUT2D eigenvalue weighted by Crippen LogP contribution is 2.38. The van der Waals surface area contributed by atoms with Gasteiger partial charge in [0, 0.05) is 50.7 Å². The maximum Gasteiger partial charge on any atom is 0.257 e. The third kappa shape index (κ3) is 3.77. The smallest absolute Gasteiger partial charge is 0.257 e. The van der Waals surface area contributed by atoms with Gasteiger partial charge in [-0.25, -0.2) is 9.97 Å². The maximum atomic E-state index is 13.4. The number of amides is 1. The Labute approximate surface area is 181 Å². The molecule has 1 aliphatic heterocycles. The van der Waals surface area contributed by atoms with Crippen LogP contribution in [0.5, 0.6) is 0 Å². The van der Waals surface area contributed by atoms with Crippen LogP contribution in [0.2, 0.25) is 5.02 Å². The van der Waals surface area contributed by atoms with Crippen molar-refractivity contribution < 1.29 is 4.79 Å². The van der Waals surface area contributed by atoms with Gasteiger partial charge in [-0.15, -0.1) is 0 Å². The molecule has 0 aliphatic carbocycles. The molecule has 0 spiro atoms. The van der Waals surface area contributed by atoms with Crippen molar-refractivity contribution in [3.05, 3.63) is 58.6 Å². The van der Waals surface area contributed by atoms with E-state index < -0.39 is 0 Å². The standard InChI is InChI=1S/C22H25ClN6O/c1-14-18(13-28(4)26-14)21(30)29-10-6-9-19(29)20-17(12-24-22(25-20)27(2)3)15-7-5-8-16(23)11-15/h5,7-8,11-13,19H,6,9-10H2,1-4H3/t19-/m0/s1. The van der Waals surface area contributed by atoms with Crippen LogP contribution in [0, 0.1) is 6.92 Å². The van der Waals surface area contributed by atoms with E-state index >= 15 is 0 Å². The average Bonchev–Trinajstić information content (AvgIpc) is 3.33. The second kappa shape index (κ2) is 8.07. The van der Waals surface area contributed by atoms with Gasteiger partial charge in [0.2, 0.25) is 5.95 Å². The van der Waals surface area contributed by atoms with E-state index in [1.165, 1.54) is 0 Å².